The Hall–Kier alpha value is -1.32. The highest BCUT2D eigenvalue weighted by atomic mass is 16.7. The van der Waals surface area contributed by atoms with Crippen LogP contribution in [0.3, 0.4) is 0 Å². The summed E-state index contributed by atoms with van der Waals surface area (Å²) in [6.45, 7) is 7.95. The van der Waals surface area contributed by atoms with Crippen molar-refractivity contribution in [2.75, 3.05) is 6.61 Å². The lowest BCUT2D eigenvalue weighted by atomic mass is 10.1. The van der Waals surface area contributed by atoms with Crippen molar-refractivity contribution < 1.29 is 9.47 Å². The third kappa shape index (κ3) is 1.16. The summed E-state index contributed by atoms with van der Waals surface area (Å²) in [5, 5.41) is 1.32. The van der Waals surface area contributed by atoms with Crippen LogP contribution in [0.15, 0.2) is 18.2 Å². The van der Waals surface area contributed by atoms with Gasteiger partial charge in [-0.2, -0.15) is 0 Å². The lowest BCUT2D eigenvalue weighted by Gasteiger charge is -2.31. The summed E-state index contributed by atoms with van der Waals surface area (Å²) in [6, 6.07) is 6.65. The number of benzene rings is 1. The van der Waals surface area contributed by atoms with Gasteiger partial charge in [0.2, 0.25) is 5.79 Å². The average molecular weight is 243 g/mol. The van der Waals surface area contributed by atoms with E-state index >= 15 is 0 Å². The fourth-order valence-electron chi connectivity index (χ4n) is 3.47. The summed E-state index contributed by atoms with van der Waals surface area (Å²) < 4.78 is 14.3. The zero-order chi connectivity index (χ0) is 12.5. The van der Waals surface area contributed by atoms with Crippen LogP contribution in [0.5, 0.6) is 0 Å². The van der Waals surface area contributed by atoms with Crippen molar-refractivity contribution >= 4 is 10.9 Å². The third-order valence-corrected chi connectivity index (χ3v) is 4.22. The molecule has 0 N–H and O–H groups in total. The van der Waals surface area contributed by atoms with E-state index in [0.717, 1.165) is 6.54 Å². The minimum atomic E-state index is -0.556. The Morgan fingerprint density at radius 2 is 2.17 bits per heavy atom. The number of hydrogen-bond acceptors (Lipinski definition) is 2. The minimum Gasteiger partial charge on any atom is -0.342 e. The molecule has 0 radical (unpaired) electrons. The molecule has 94 valence electrons. The number of nitrogens with zero attached hydrogens (tertiary/aromatic N) is 1. The van der Waals surface area contributed by atoms with E-state index in [4.69, 9.17) is 9.47 Å². The molecule has 0 saturated carbocycles. The summed E-state index contributed by atoms with van der Waals surface area (Å²) in [5.41, 5.74) is 5.08. The lowest BCUT2D eigenvalue weighted by molar-refractivity contribution is -0.178. The van der Waals surface area contributed by atoms with Crippen molar-refractivity contribution in [2.45, 2.75) is 39.2 Å². The van der Waals surface area contributed by atoms with E-state index in [-0.39, 0.29) is 6.10 Å². The monoisotopic (exact) mass is 243 g/mol. The van der Waals surface area contributed by atoms with Crippen molar-refractivity contribution in [3.05, 3.63) is 35.0 Å². The molecule has 0 spiro atoms. The van der Waals surface area contributed by atoms with Crippen molar-refractivity contribution in [2.24, 2.45) is 0 Å². The van der Waals surface area contributed by atoms with Crippen LogP contribution < -0.4 is 0 Å². The van der Waals surface area contributed by atoms with Gasteiger partial charge in [-0.05, 0) is 38.5 Å². The molecule has 4 rings (SSSR count). The zero-order valence-corrected chi connectivity index (χ0v) is 11.0. The number of ether oxygens (including phenoxy) is 2. The molecule has 3 heterocycles. The molecule has 2 aromatic rings. The Morgan fingerprint density at radius 3 is 3.00 bits per heavy atom. The maximum absolute atomic E-state index is 6.01. The van der Waals surface area contributed by atoms with E-state index in [1.165, 1.54) is 27.7 Å². The predicted octanol–water partition coefficient (Wildman–Crippen LogP) is 2.86. The summed E-state index contributed by atoms with van der Waals surface area (Å²) in [6.07, 6.45) is 0.193. The Labute approximate surface area is 106 Å². The molecule has 2 unspecified atom stereocenters. The molecule has 1 aromatic heterocycles. The first-order chi connectivity index (χ1) is 8.58. The smallest absolute Gasteiger partial charge is 0.208 e. The molecule has 2 bridgehead atoms. The quantitative estimate of drug-likeness (QED) is 0.710. The van der Waals surface area contributed by atoms with Gasteiger partial charge in [0.25, 0.3) is 0 Å². The van der Waals surface area contributed by atoms with Crippen LogP contribution in [-0.2, 0) is 21.8 Å². The maximum atomic E-state index is 6.01. The Morgan fingerprint density at radius 1 is 1.33 bits per heavy atom. The van der Waals surface area contributed by atoms with Gasteiger partial charge in [-0.15, -0.1) is 0 Å². The molecule has 0 aliphatic carbocycles. The van der Waals surface area contributed by atoms with E-state index in [0.29, 0.717) is 6.61 Å². The van der Waals surface area contributed by atoms with E-state index in [2.05, 4.69) is 36.6 Å². The highest BCUT2D eigenvalue weighted by Gasteiger charge is 2.47. The van der Waals surface area contributed by atoms with Gasteiger partial charge in [0, 0.05) is 10.9 Å². The molecule has 0 amide bonds. The number of aromatic nitrogens is 1. The van der Waals surface area contributed by atoms with Gasteiger partial charge in [-0.3, -0.25) is 0 Å². The lowest BCUT2D eigenvalue weighted by Crippen LogP contribution is -2.34. The van der Waals surface area contributed by atoms with Gasteiger partial charge >= 0.3 is 0 Å². The predicted molar refractivity (Wildman–Crippen MR) is 69.6 cm³/mol. The highest BCUT2D eigenvalue weighted by Crippen LogP contribution is 2.44. The van der Waals surface area contributed by atoms with Crippen molar-refractivity contribution in [1.29, 1.82) is 0 Å². The van der Waals surface area contributed by atoms with Crippen LogP contribution >= 0.6 is 0 Å². The Kier molecular flexibility index (Phi) is 1.86. The van der Waals surface area contributed by atoms with E-state index < -0.39 is 5.79 Å². The van der Waals surface area contributed by atoms with Crippen molar-refractivity contribution in [1.82, 2.24) is 4.57 Å². The molecule has 2 aliphatic rings. The van der Waals surface area contributed by atoms with Crippen LogP contribution in [0.2, 0.25) is 0 Å². The van der Waals surface area contributed by atoms with Gasteiger partial charge < -0.3 is 14.0 Å². The number of fused-ring (bicyclic) bond motifs is 6. The van der Waals surface area contributed by atoms with Crippen LogP contribution in [0, 0.1) is 13.8 Å². The standard InChI is InChI=1S/C15H17NO2/c1-9-4-5-13-12(6-9)10(2)14-15(3)17-8-11(18-15)7-16(13)14/h4-6,11H,7-8H2,1-3H3. The summed E-state index contributed by atoms with van der Waals surface area (Å²) >= 11 is 0. The molecule has 1 fully saturated rings. The van der Waals surface area contributed by atoms with E-state index in [1.807, 2.05) is 6.92 Å². The first-order valence-electron chi connectivity index (χ1n) is 6.50. The largest absolute Gasteiger partial charge is 0.342 e. The molecule has 18 heavy (non-hydrogen) atoms. The second kappa shape index (κ2) is 3.16. The summed E-state index contributed by atoms with van der Waals surface area (Å²) in [5.74, 6) is -0.556. The van der Waals surface area contributed by atoms with Gasteiger partial charge in [-0.25, -0.2) is 0 Å². The normalized spacial score (nSPS) is 29.8. The second-order valence-electron chi connectivity index (χ2n) is 5.60. The Balaban J connectivity index is 2.10. The molecular formula is C15H17NO2. The molecule has 1 aromatic carbocycles. The van der Waals surface area contributed by atoms with E-state index in [1.54, 1.807) is 0 Å². The number of rotatable bonds is 0. The molecule has 2 aliphatic heterocycles. The van der Waals surface area contributed by atoms with Gasteiger partial charge in [0.1, 0.15) is 6.10 Å². The first kappa shape index (κ1) is 10.6. The van der Waals surface area contributed by atoms with Crippen LogP contribution in [0.4, 0.5) is 0 Å². The highest BCUT2D eigenvalue weighted by molar-refractivity contribution is 5.86. The molecule has 3 nitrogen and oxygen atoms in total. The molecule has 1 saturated heterocycles. The van der Waals surface area contributed by atoms with Gasteiger partial charge in [-0.1, -0.05) is 11.6 Å². The SMILES string of the molecule is Cc1ccc2c(c1)c(C)c1n2CC2COC1(C)O2. The van der Waals surface area contributed by atoms with Crippen LogP contribution in [0.25, 0.3) is 10.9 Å². The van der Waals surface area contributed by atoms with Gasteiger partial charge in [0.05, 0.1) is 18.8 Å². The van der Waals surface area contributed by atoms with Crippen LogP contribution in [0.1, 0.15) is 23.7 Å². The first-order valence-corrected chi connectivity index (χ1v) is 6.50. The summed E-state index contributed by atoms with van der Waals surface area (Å²) in [4.78, 5) is 0. The third-order valence-electron chi connectivity index (χ3n) is 4.22. The zero-order valence-electron chi connectivity index (χ0n) is 11.0. The second-order valence-corrected chi connectivity index (χ2v) is 5.60. The van der Waals surface area contributed by atoms with Crippen LogP contribution in [-0.4, -0.2) is 17.3 Å². The summed E-state index contributed by atoms with van der Waals surface area (Å²) in [7, 11) is 0. The molecule has 2 atom stereocenters. The minimum absolute atomic E-state index is 0.193. The number of hydrogen-bond donors (Lipinski definition) is 0. The van der Waals surface area contributed by atoms with Crippen molar-refractivity contribution in [3.63, 3.8) is 0 Å². The Bertz CT molecular complexity index is 658. The fraction of sp³-hybridized carbons (Fsp3) is 0.467. The fourth-order valence-corrected chi connectivity index (χ4v) is 3.47. The topological polar surface area (TPSA) is 23.4 Å². The van der Waals surface area contributed by atoms with Crippen molar-refractivity contribution in [3.8, 4) is 0 Å². The van der Waals surface area contributed by atoms with Gasteiger partial charge in [0.15, 0.2) is 0 Å². The molecular weight excluding hydrogens is 226 g/mol. The van der Waals surface area contributed by atoms with E-state index in [9.17, 15) is 0 Å². The molecule has 3 heteroatoms. The maximum Gasteiger partial charge on any atom is 0.208 e. The number of aryl methyl sites for hydroxylation is 2. The average Bonchev–Trinajstić information content (AvgIpc) is 2.78.